The topological polar surface area (TPSA) is 156 Å². The molecule has 0 bridgehead atoms. The van der Waals surface area contributed by atoms with E-state index in [1.165, 1.54) is 10.8 Å². The van der Waals surface area contributed by atoms with Crippen LogP contribution in [0.1, 0.15) is 32.1 Å². The molecule has 10 heteroatoms. The first-order valence-corrected chi connectivity index (χ1v) is 8.54. The second-order valence-corrected chi connectivity index (χ2v) is 6.59. The summed E-state index contributed by atoms with van der Waals surface area (Å²) < 4.78 is 12.3. The van der Waals surface area contributed by atoms with Crippen molar-refractivity contribution >= 4 is 17.3 Å². The lowest BCUT2D eigenvalue weighted by Gasteiger charge is -2.24. The molecular formula is C17H21N5O5. The molecule has 3 heterocycles. The van der Waals surface area contributed by atoms with Crippen molar-refractivity contribution in [2.75, 3.05) is 12.3 Å². The molecule has 144 valence electrons. The van der Waals surface area contributed by atoms with Crippen molar-refractivity contribution in [1.82, 2.24) is 14.6 Å². The van der Waals surface area contributed by atoms with Crippen LogP contribution in [0.25, 0.3) is 5.52 Å². The third kappa shape index (κ3) is 3.10. The number of rotatable bonds is 5. The van der Waals surface area contributed by atoms with E-state index in [-0.39, 0.29) is 11.7 Å². The molecule has 5 atom stereocenters. The van der Waals surface area contributed by atoms with Gasteiger partial charge in [0.15, 0.2) is 5.82 Å². The average molecular weight is 375 g/mol. The van der Waals surface area contributed by atoms with Gasteiger partial charge in [-0.25, -0.2) is 9.50 Å². The predicted molar refractivity (Wildman–Crippen MR) is 92.0 cm³/mol. The monoisotopic (exact) mass is 375 g/mol. The van der Waals surface area contributed by atoms with Crippen LogP contribution < -0.4 is 5.73 Å². The second-order valence-electron chi connectivity index (χ2n) is 6.59. The summed E-state index contributed by atoms with van der Waals surface area (Å²) in [5.41, 5.74) is 4.79. The molecule has 2 aromatic rings. The number of esters is 1. The van der Waals surface area contributed by atoms with Crippen LogP contribution in [-0.2, 0) is 14.3 Å². The highest BCUT2D eigenvalue weighted by Crippen LogP contribution is 2.40. The molecule has 1 aliphatic heterocycles. The summed E-state index contributed by atoms with van der Waals surface area (Å²) in [4.78, 5) is 15.8. The highest BCUT2D eigenvalue weighted by Gasteiger charge is 2.57. The molecule has 4 N–H and O–H groups in total. The van der Waals surface area contributed by atoms with Gasteiger partial charge in [-0.2, -0.15) is 10.4 Å². The minimum atomic E-state index is -1.89. The number of nitrogens with zero attached hydrogens (tertiary/aromatic N) is 4. The number of aliphatic hydroxyl groups excluding tert-OH is 2. The zero-order chi connectivity index (χ0) is 19.8. The van der Waals surface area contributed by atoms with E-state index in [0.29, 0.717) is 17.6 Å². The standard InChI is InChI=1S/C17H21N5O5/c1-3-9(2)16(25)26-7-17(6-18)14(24)12(23)13(27-17)10-4-5-11-15(19)20-8-21-22(10)11/h4-5,8-9,12-14,23-24H,3,7H2,1-2H3,(H2,19,20,21)/t9-,12+,13+,14+,17-/m1/s1. The molecule has 10 nitrogen and oxygen atoms in total. The summed E-state index contributed by atoms with van der Waals surface area (Å²) in [6.45, 7) is 3.03. The van der Waals surface area contributed by atoms with Crippen LogP contribution in [-0.4, -0.2) is 55.2 Å². The summed E-state index contributed by atoms with van der Waals surface area (Å²) in [5.74, 6) is -0.623. The zero-order valence-electron chi connectivity index (χ0n) is 14.9. The maximum atomic E-state index is 11.9. The van der Waals surface area contributed by atoms with Gasteiger partial charge in [0.05, 0.1) is 11.6 Å². The number of aromatic nitrogens is 3. The number of carbonyl (C=O) groups excluding carboxylic acids is 1. The van der Waals surface area contributed by atoms with Gasteiger partial charge in [-0.1, -0.05) is 13.8 Å². The lowest BCUT2D eigenvalue weighted by atomic mass is 9.96. The third-order valence-electron chi connectivity index (χ3n) is 4.88. The van der Waals surface area contributed by atoms with Crippen molar-refractivity contribution in [3.8, 4) is 6.07 Å². The molecular weight excluding hydrogens is 354 g/mol. The van der Waals surface area contributed by atoms with E-state index in [0.717, 1.165) is 0 Å². The Morgan fingerprint density at radius 3 is 2.96 bits per heavy atom. The minimum absolute atomic E-state index is 0.235. The molecule has 1 fully saturated rings. The van der Waals surface area contributed by atoms with Crippen LogP contribution in [0.3, 0.4) is 0 Å². The fraction of sp³-hybridized carbons (Fsp3) is 0.529. The fourth-order valence-corrected chi connectivity index (χ4v) is 2.96. The normalized spacial score (nSPS) is 28.8. The van der Waals surface area contributed by atoms with Crippen molar-refractivity contribution in [2.24, 2.45) is 5.92 Å². The molecule has 0 aliphatic carbocycles. The van der Waals surface area contributed by atoms with Gasteiger partial charge in [0.25, 0.3) is 0 Å². The van der Waals surface area contributed by atoms with Gasteiger partial charge >= 0.3 is 5.97 Å². The van der Waals surface area contributed by atoms with Gasteiger partial charge in [-0.3, -0.25) is 4.79 Å². The number of fused-ring (bicyclic) bond motifs is 1. The van der Waals surface area contributed by atoms with Crippen LogP contribution in [0.5, 0.6) is 0 Å². The number of ether oxygens (including phenoxy) is 2. The molecule has 1 aliphatic rings. The van der Waals surface area contributed by atoms with Crippen molar-refractivity contribution in [3.05, 3.63) is 24.2 Å². The number of aliphatic hydroxyl groups is 2. The van der Waals surface area contributed by atoms with Crippen molar-refractivity contribution < 1.29 is 24.5 Å². The summed E-state index contributed by atoms with van der Waals surface area (Å²) in [5, 5.41) is 34.6. The van der Waals surface area contributed by atoms with Crippen molar-refractivity contribution in [3.63, 3.8) is 0 Å². The first-order valence-electron chi connectivity index (χ1n) is 8.54. The number of anilines is 1. The van der Waals surface area contributed by atoms with Crippen molar-refractivity contribution in [1.29, 1.82) is 5.26 Å². The summed E-state index contributed by atoms with van der Waals surface area (Å²) >= 11 is 0. The van der Waals surface area contributed by atoms with Crippen LogP contribution in [0.15, 0.2) is 18.5 Å². The van der Waals surface area contributed by atoms with Gasteiger partial charge in [-0.05, 0) is 18.6 Å². The number of hydrogen-bond acceptors (Lipinski definition) is 9. The molecule has 0 radical (unpaired) electrons. The summed E-state index contributed by atoms with van der Waals surface area (Å²) in [6.07, 6.45) is -2.26. The Morgan fingerprint density at radius 2 is 2.30 bits per heavy atom. The van der Waals surface area contributed by atoms with Gasteiger partial charge in [0, 0.05) is 0 Å². The summed E-state index contributed by atoms with van der Waals surface area (Å²) in [6, 6.07) is 5.10. The van der Waals surface area contributed by atoms with Crippen LogP contribution in [0.2, 0.25) is 0 Å². The van der Waals surface area contributed by atoms with E-state index in [2.05, 4.69) is 10.1 Å². The minimum Gasteiger partial charge on any atom is -0.461 e. The smallest absolute Gasteiger partial charge is 0.308 e. The number of nitrogen functional groups attached to an aromatic ring is 1. The van der Waals surface area contributed by atoms with Gasteiger partial charge in [0.2, 0.25) is 5.60 Å². The number of nitriles is 1. The van der Waals surface area contributed by atoms with Gasteiger partial charge in [-0.15, -0.1) is 0 Å². The molecule has 27 heavy (non-hydrogen) atoms. The van der Waals surface area contributed by atoms with Crippen molar-refractivity contribution in [2.45, 2.75) is 44.2 Å². The number of nitrogens with two attached hydrogens (primary N) is 1. The zero-order valence-corrected chi connectivity index (χ0v) is 14.9. The quantitative estimate of drug-likeness (QED) is 0.610. The summed E-state index contributed by atoms with van der Waals surface area (Å²) in [7, 11) is 0. The van der Waals surface area contributed by atoms with E-state index in [4.69, 9.17) is 15.2 Å². The van der Waals surface area contributed by atoms with E-state index < -0.39 is 36.5 Å². The molecule has 0 aromatic carbocycles. The Hall–Kier alpha value is -2.74. The highest BCUT2D eigenvalue weighted by atomic mass is 16.6. The number of hydrogen-bond donors (Lipinski definition) is 3. The molecule has 2 aromatic heterocycles. The Balaban J connectivity index is 1.88. The lowest BCUT2D eigenvalue weighted by Crippen LogP contribution is -2.46. The van der Waals surface area contributed by atoms with Crippen LogP contribution >= 0.6 is 0 Å². The second kappa shape index (κ2) is 7.11. The average Bonchev–Trinajstić information content (AvgIpc) is 3.21. The van der Waals surface area contributed by atoms with E-state index in [1.54, 1.807) is 19.1 Å². The largest absolute Gasteiger partial charge is 0.461 e. The predicted octanol–water partition coefficient (Wildman–Crippen LogP) is -0.0437. The first kappa shape index (κ1) is 19.0. The molecule has 1 saturated heterocycles. The molecule has 3 rings (SSSR count). The molecule has 0 amide bonds. The van der Waals surface area contributed by atoms with E-state index in [1.807, 2.05) is 13.0 Å². The fourth-order valence-electron chi connectivity index (χ4n) is 2.96. The van der Waals surface area contributed by atoms with E-state index in [9.17, 15) is 20.3 Å². The van der Waals surface area contributed by atoms with Gasteiger partial charge in [0.1, 0.15) is 42.8 Å². The Kier molecular flexibility index (Phi) is 5.01. The highest BCUT2D eigenvalue weighted by molar-refractivity contribution is 5.72. The molecule has 0 unspecified atom stereocenters. The Morgan fingerprint density at radius 1 is 1.56 bits per heavy atom. The van der Waals surface area contributed by atoms with E-state index >= 15 is 0 Å². The molecule has 0 saturated carbocycles. The maximum absolute atomic E-state index is 11.9. The SMILES string of the molecule is CC[C@@H](C)C(=O)OC[C@@]1(C#N)O[C@@H](c2ccc3c(N)ncnn23)[C@H](O)[C@@H]1O. The van der Waals surface area contributed by atoms with Gasteiger partial charge < -0.3 is 25.4 Å². The Bertz CT molecular complexity index is 893. The first-order chi connectivity index (χ1) is 12.8. The lowest BCUT2D eigenvalue weighted by molar-refractivity contribution is -0.158. The maximum Gasteiger partial charge on any atom is 0.308 e. The molecule has 0 spiro atoms. The third-order valence-corrected chi connectivity index (χ3v) is 4.88. The number of carbonyl (C=O) groups is 1. The van der Waals surface area contributed by atoms with Crippen LogP contribution in [0, 0.1) is 17.2 Å². The Labute approximate surface area is 155 Å². The van der Waals surface area contributed by atoms with Crippen LogP contribution in [0.4, 0.5) is 5.82 Å².